The smallest absolute Gasteiger partial charge is 0.301 e. The van der Waals surface area contributed by atoms with E-state index in [1.807, 2.05) is 0 Å². The lowest BCUT2D eigenvalue weighted by molar-refractivity contribution is 0.0733. The van der Waals surface area contributed by atoms with Gasteiger partial charge in [-0.15, -0.1) is 0 Å². The first-order valence-corrected chi connectivity index (χ1v) is 10.7. The summed E-state index contributed by atoms with van der Waals surface area (Å²) in [5, 5.41) is 0.258. The van der Waals surface area contributed by atoms with Crippen LogP contribution in [0, 0.1) is 11.6 Å². The second-order valence-electron chi connectivity index (χ2n) is 6.67. The molecule has 9 nitrogen and oxygen atoms in total. The predicted molar refractivity (Wildman–Crippen MR) is 107 cm³/mol. The summed E-state index contributed by atoms with van der Waals surface area (Å²) < 4.78 is 68.3. The number of morpholine rings is 1. The fourth-order valence-corrected chi connectivity index (χ4v) is 4.53. The van der Waals surface area contributed by atoms with Gasteiger partial charge in [0.05, 0.1) is 42.5 Å². The van der Waals surface area contributed by atoms with Crippen LogP contribution in [0.2, 0.25) is 0 Å². The van der Waals surface area contributed by atoms with Gasteiger partial charge < -0.3 is 14.5 Å². The second-order valence-corrected chi connectivity index (χ2v) is 8.34. The number of carbonyl (C=O) groups is 1. The zero-order valence-electron chi connectivity index (χ0n) is 16.3. The Bertz CT molecular complexity index is 1260. The Morgan fingerprint density at radius 3 is 2.71 bits per heavy atom. The molecule has 1 saturated heterocycles. The van der Waals surface area contributed by atoms with Gasteiger partial charge in [-0.25, -0.2) is 13.8 Å². The van der Waals surface area contributed by atoms with Gasteiger partial charge in [-0.05, 0) is 18.2 Å². The van der Waals surface area contributed by atoms with E-state index in [2.05, 4.69) is 14.7 Å². The van der Waals surface area contributed by atoms with Gasteiger partial charge in [0.2, 0.25) is 5.78 Å². The molecule has 1 fully saturated rings. The van der Waals surface area contributed by atoms with Gasteiger partial charge in [-0.1, -0.05) is 0 Å². The van der Waals surface area contributed by atoms with E-state index in [9.17, 15) is 17.6 Å². The number of H-pyrrole nitrogens is 1. The lowest BCUT2D eigenvalue weighted by Gasteiger charge is -2.26. The summed E-state index contributed by atoms with van der Waals surface area (Å²) >= 11 is 0. The number of methoxy groups -OCH3 is 1. The Labute approximate surface area is 176 Å². The number of hydrogen-bond donors (Lipinski definition) is 2. The van der Waals surface area contributed by atoms with E-state index in [1.165, 1.54) is 25.6 Å². The average Bonchev–Trinajstić information content (AvgIpc) is 3.21. The Morgan fingerprint density at radius 1 is 1.26 bits per heavy atom. The number of benzene rings is 1. The van der Waals surface area contributed by atoms with Crippen molar-refractivity contribution < 1.29 is 31.5 Å². The monoisotopic (exact) mass is 452 g/mol. The molecule has 2 N–H and O–H groups in total. The summed E-state index contributed by atoms with van der Waals surface area (Å²) in [4.78, 5) is 19.9. The van der Waals surface area contributed by atoms with Crippen molar-refractivity contribution in [2.75, 3.05) is 38.1 Å². The Balaban J connectivity index is 1.74. The molecule has 0 atom stereocenters. The quantitative estimate of drug-likeness (QED) is 0.554. The first-order chi connectivity index (χ1) is 14.8. The fourth-order valence-electron chi connectivity index (χ4n) is 3.34. The summed E-state index contributed by atoms with van der Waals surface area (Å²) in [6.45, 7) is 0.581. The predicted octanol–water partition coefficient (Wildman–Crippen LogP) is 2.07. The molecule has 1 aliphatic heterocycles. The number of aromatic nitrogens is 2. The van der Waals surface area contributed by atoms with Crippen LogP contribution < -0.4 is 9.46 Å². The van der Waals surface area contributed by atoms with Crippen LogP contribution in [0.1, 0.15) is 15.9 Å². The normalized spacial score (nSPS) is 15.2. The van der Waals surface area contributed by atoms with E-state index >= 15 is 4.39 Å². The Morgan fingerprint density at radius 2 is 2.00 bits per heavy atom. The van der Waals surface area contributed by atoms with Crippen molar-refractivity contribution >= 4 is 32.7 Å². The molecule has 0 amide bonds. The first-order valence-electron chi connectivity index (χ1n) is 9.22. The minimum absolute atomic E-state index is 0.0639. The van der Waals surface area contributed by atoms with Crippen molar-refractivity contribution in [2.45, 2.75) is 0 Å². The lowest BCUT2D eigenvalue weighted by atomic mass is 10.0. The molecular weight excluding hydrogens is 434 g/mol. The van der Waals surface area contributed by atoms with Gasteiger partial charge in [0.1, 0.15) is 17.2 Å². The fraction of sp³-hybridized carbons (Fsp3) is 0.263. The van der Waals surface area contributed by atoms with E-state index in [0.717, 1.165) is 16.4 Å². The number of fused-ring (bicyclic) bond motifs is 1. The van der Waals surface area contributed by atoms with E-state index in [4.69, 9.17) is 9.47 Å². The Hall–Kier alpha value is -3.09. The maximum atomic E-state index is 15.2. The van der Waals surface area contributed by atoms with Crippen LogP contribution in [-0.2, 0) is 14.9 Å². The first kappa shape index (κ1) is 21.2. The summed E-state index contributed by atoms with van der Waals surface area (Å²) in [6.07, 6.45) is 2.72. The molecule has 0 spiro atoms. The highest BCUT2D eigenvalue weighted by atomic mass is 32.2. The molecule has 164 valence electrons. The van der Waals surface area contributed by atoms with Gasteiger partial charge in [0.15, 0.2) is 5.82 Å². The number of nitrogens with one attached hydrogen (secondary N) is 2. The van der Waals surface area contributed by atoms with Gasteiger partial charge in [-0.3, -0.25) is 9.52 Å². The van der Waals surface area contributed by atoms with Crippen molar-refractivity contribution in [2.24, 2.45) is 0 Å². The molecule has 0 bridgehead atoms. The molecule has 0 unspecified atom stereocenters. The molecule has 0 aliphatic carbocycles. The molecule has 31 heavy (non-hydrogen) atoms. The number of aromatic amines is 1. The van der Waals surface area contributed by atoms with Gasteiger partial charge in [0.25, 0.3) is 0 Å². The molecule has 4 rings (SSSR count). The van der Waals surface area contributed by atoms with Crippen LogP contribution in [0.15, 0.2) is 30.6 Å². The highest BCUT2D eigenvalue weighted by molar-refractivity contribution is 7.90. The summed E-state index contributed by atoms with van der Waals surface area (Å²) in [5.41, 5.74) is -1.20. The number of anilines is 1. The number of rotatable bonds is 6. The maximum absolute atomic E-state index is 15.2. The topological polar surface area (TPSA) is 114 Å². The number of hydrogen-bond acceptors (Lipinski definition) is 6. The standard InChI is InChI=1S/C19H18F2N4O5S/c1-29-14-4-5-22-19-15(14)11(10-23-19)18(26)16-12(20)2-3-13(17(16)21)24-31(27,28)25-6-8-30-9-7-25/h2-5,10,24H,6-9H2,1H3,(H,22,23). The SMILES string of the molecule is COc1ccnc2[nH]cc(C(=O)c3c(F)ccc(NS(=O)(=O)N4CCOCC4)c3F)c12. The minimum atomic E-state index is -4.12. The van der Waals surface area contributed by atoms with E-state index < -0.39 is 38.9 Å². The van der Waals surface area contributed by atoms with E-state index in [-0.39, 0.29) is 37.3 Å². The Kier molecular flexibility index (Phi) is 5.60. The van der Waals surface area contributed by atoms with Crippen molar-refractivity contribution in [1.29, 1.82) is 0 Å². The molecule has 1 aromatic carbocycles. The number of ketones is 1. The molecular formula is C19H18F2N4O5S. The third-order valence-corrected chi connectivity index (χ3v) is 6.39. The van der Waals surface area contributed by atoms with Gasteiger partial charge in [0, 0.05) is 25.5 Å². The number of nitrogens with zero attached hydrogens (tertiary/aromatic N) is 2. The van der Waals surface area contributed by atoms with Crippen molar-refractivity contribution in [3.05, 3.63) is 53.4 Å². The zero-order valence-corrected chi connectivity index (χ0v) is 17.1. The van der Waals surface area contributed by atoms with Gasteiger partial charge in [-0.2, -0.15) is 12.7 Å². The molecule has 0 saturated carbocycles. The van der Waals surface area contributed by atoms with Crippen LogP contribution in [0.3, 0.4) is 0 Å². The molecule has 12 heteroatoms. The number of carbonyl (C=O) groups excluding carboxylic acids is 1. The van der Waals surface area contributed by atoms with Crippen molar-refractivity contribution in [3.63, 3.8) is 0 Å². The third-order valence-electron chi connectivity index (χ3n) is 4.87. The minimum Gasteiger partial charge on any atom is -0.496 e. The highest BCUT2D eigenvalue weighted by Gasteiger charge is 2.29. The largest absolute Gasteiger partial charge is 0.496 e. The van der Waals surface area contributed by atoms with Crippen LogP contribution in [0.5, 0.6) is 5.75 Å². The van der Waals surface area contributed by atoms with Crippen LogP contribution in [0.25, 0.3) is 11.0 Å². The molecule has 1 aliphatic rings. The van der Waals surface area contributed by atoms with Crippen LogP contribution in [0.4, 0.5) is 14.5 Å². The highest BCUT2D eigenvalue weighted by Crippen LogP contribution is 2.31. The number of ether oxygens (including phenoxy) is 2. The molecule has 3 heterocycles. The van der Waals surface area contributed by atoms with Gasteiger partial charge >= 0.3 is 10.2 Å². The summed E-state index contributed by atoms with van der Waals surface area (Å²) in [7, 11) is -2.73. The number of halogens is 2. The number of pyridine rings is 1. The third kappa shape index (κ3) is 3.84. The van der Waals surface area contributed by atoms with E-state index in [0.29, 0.717) is 11.4 Å². The van der Waals surface area contributed by atoms with Crippen molar-refractivity contribution in [1.82, 2.24) is 14.3 Å². The van der Waals surface area contributed by atoms with Crippen molar-refractivity contribution in [3.8, 4) is 5.75 Å². The lowest BCUT2D eigenvalue weighted by Crippen LogP contribution is -2.43. The van der Waals surface area contributed by atoms with E-state index in [1.54, 1.807) is 0 Å². The molecule has 2 aromatic heterocycles. The van der Waals surface area contributed by atoms with Crippen LogP contribution in [-0.4, -0.2) is 61.9 Å². The zero-order chi connectivity index (χ0) is 22.2. The average molecular weight is 452 g/mol. The summed E-state index contributed by atoms with van der Waals surface area (Å²) in [5.74, 6) is -3.15. The maximum Gasteiger partial charge on any atom is 0.301 e. The summed E-state index contributed by atoms with van der Waals surface area (Å²) in [6, 6.07) is 3.27. The second kappa shape index (κ2) is 8.21. The molecule has 0 radical (unpaired) electrons. The van der Waals surface area contributed by atoms with Crippen LogP contribution >= 0.6 is 0 Å². The molecule has 3 aromatic rings.